The van der Waals surface area contributed by atoms with Crippen LogP contribution in [-0.4, -0.2) is 19.9 Å². The maximum atomic E-state index is 5.20. The van der Waals surface area contributed by atoms with Crippen molar-refractivity contribution in [2.24, 2.45) is 0 Å². The van der Waals surface area contributed by atoms with Gasteiger partial charge in [-0.15, -0.1) is 0 Å². The van der Waals surface area contributed by atoms with Crippen molar-refractivity contribution in [3.05, 3.63) is 120 Å². The van der Waals surface area contributed by atoms with Gasteiger partial charge in [0.1, 0.15) is 0 Å². The highest BCUT2D eigenvalue weighted by Gasteiger charge is 2.19. The van der Waals surface area contributed by atoms with Crippen LogP contribution in [0.3, 0.4) is 0 Å². The summed E-state index contributed by atoms with van der Waals surface area (Å²) in [6.07, 6.45) is 7.36. The van der Waals surface area contributed by atoms with Crippen molar-refractivity contribution in [2.75, 3.05) is 0 Å². The van der Waals surface area contributed by atoms with Crippen LogP contribution in [0.4, 0.5) is 0 Å². The fraction of sp³-hybridized carbons (Fsp3) is 0.118. The molecular weight excluding hydrogens is 464 g/mol. The Morgan fingerprint density at radius 1 is 0.421 bits per heavy atom. The van der Waals surface area contributed by atoms with Crippen LogP contribution in [0.25, 0.3) is 55.8 Å². The van der Waals surface area contributed by atoms with Gasteiger partial charge in [0, 0.05) is 35.9 Å². The van der Waals surface area contributed by atoms with Crippen molar-refractivity contribution in [2.45, 2.75) is 27.7 Å². The predicted molar refractivity (Wildman–Crippen MR) is 156 cm³/mol. The summed E-state index contributed by atoms with van der Waals surface area (Å²) >= 11 is 0. The summed E-state index contributed by atoms with van der Waals surface area (Å²) in [4.78, 5) is 18.8. The molecule has 38 heavy (non-hydrogen) atoms. The van der Waals surface area contributed by atoms with Gasteiger partial charge in [-0.3, -0.25) is 9.97 Å². The molecule has 0 spiro atoms. The number of fused-ring (bicyclic) bond motifs is 1. The lowest BCUT2D eigenvalue weighted by atomic mass is 9.90. The maximum absolute atomic E-state index is 5.20. The van der Waals surface area contributed by atoms with Crippen molar-refractivity contribution < 1.29 is 0 Å². The van der Waals surface area contributed by atoms with Crippen molar-refractivity contribution in [3.8, 4) is 44.8 Å². The molecule has 0 aliphatic rings. The van der Waals surface area contributed by atoms with Crippen molar-refractivity contribution in [1.82, 2.24) is 19.9 Å². The summed E-state index contributed by atoms with van der Waals surface area (Å²) in [6, 6.07) is 25.3. The molecule has 4 heteroatoms. The summed E-state index contributed by atoms with van der Waals surface area (Å²) in [5.41, 5.74) is 15.3. The lowest BCUT2D eigenvalue weighted by Crippen LogP contribution is -2.00. The zero-order valence-electron chi connectivity index (χ0n) is 22.0. The smallest absolute Gasteiger partial charge is 0.0975 e. The van der Waals surface area contributed by atoms with Crippen LogP contribution >= 0.6 is 0 Å². The molecule has 3 aromatic carbocycles. The Hall–Kier alpha value is -4.70. The Balaban J connectivity index is 1.58. The second kappa shape index (κ2) is 9.64. The highest BCUT2D eigenvalue weighted by molar-refractivity contribution is 5.90. The number of nitrogens with zero attached hydrogens (tertiary/aromatic N) is 4. The normalized spacial score (nSPS) is 11.2. The minimum Gasteiger partial charge on any atom is -0.265 e. The van der Waals surface area contributed by atoms with E-state index in [2.05, 4.69) is 86.2 Å². The van der Waals surface area contributed by atoms with Crippen LogP contribution < -0.4 is 0 Å². The van der Waals surface area contributed by atoms with Crippen LogP contribution in [-0.2, 0) is 0 Å². The summed E-state index contributed by atoms with van der Waals surface area (Å²) in [6.45, 7) is 8.63. The van der Waals surface area contributed by atoms with Crippen LogP contribution in [0.15, 0.2) is 97.6 Å². The molecule has 184 valence electrons. The Kier molecular flexibility index (Phi) is 6.01. The molecule has 4 nitrogen and oxygen atoms in total. The number of hydrogen-bond acceptors (Lipinski definition) is 4. The Bertz CT molecular complexity index is 1660. The first kappa shape index (κ1) is 23.7. The lowest BCUT2D eigenvalue weighted by molar-refractivity contribution is 1.25. The Labute approximate surface area is 223 Å². The molecule has 6 aromatic rings. The van der Waals surface area contributed by atoms with Gasteiger partial charge in [0.2, 0.25) is 0 Å². The first-order chi connectivity index (χ1) is 18.5. The molecule has 0 fully saturated rings. The molecule has 3 heterocycles. The Morgan fingerprint density at radius 3 is 1.16 bits per heavy atom. The van der Waals surface area contributed by atoms with Crippen molar-refractivity contribution >= 4 is 11.0 Å². The standard InChI is InChI=1S/C34H28N4/c1-21-19-29(23(3)17-27(21)25-9-13-35-14-10-25)33-34(38-32-8-6-5-7-31(32)37-33)30-20-22(2)28(18-24(30)4)26-11-15-36-16-12-26/h5-20H,1-4H3. The van der Waals surface area contributed by atoms with Gasteiger partial charge in [0.05, 0.1) is 22.4 Å². The largest absolute Gasteiger partial charge is 0.265 e. The third-order valence-electron chi connectivity index (χ3n) is 7.21. The quantitative estimate of drug-likeness (QED) is 0.248. The summed E-state index contributed by atoms with van der Waals surface area (Å²) in [5, 5.41) is 0. The van der Waals surface area contributed by atoms with Gasteiger partial charge < -0.3 is 0 Å². The number of pyridine rings is 2. The predicted octanol–water partition coefficient (Wildman–Crippen LogP) is 8.32. The molecule has 6 rings (SSSR count). The zero-order chi connectivity index (χ0) is 26.2. The monoisotopic (exact) mass is 492 g/mol. The Morgan fingerprint density at radius 2 is 0.763 bits per heavy atom. The summed E-state index contributed by atoms with van der Waals surface area (Å²) in [7, 11) is 0. The van der Waals surface area contributed by atoms with Crippen LogP contribution in [0.2, 0.25) is 0 Å². The van der Waals surface area contributed by atoms with Crippen LogP contribution in [0.5, 0.6) is 0 Å². The molecule has 0 atom stereocenters. The van der Waals surface area contributed by atoms with Crippen LogP contribution in [0, 0.1) is 27.7 Å². The number of rotatable bonds is 4. The number of aromatic nitrogens is 4. The molecule has 0 bridgehead atoms. The van der Waals surface area contributed by atoms with Gasteiger partial charge in [-0.05, 0) is 121 Å². The summed E-state index contributed by atoms with van der Waals surface area (Å²) < 4.78 is 0. The number of para-hydroxylation sites is 2. The van der Waals surface area contributed by atoms with E-state index >= 15 is 0 Å². The SMILES string of the molecule is Cc1cc(-c2nc3ccccc3nc2-c2cc(C)c(-c3ccncc3)cc2C)c(C)cc1-c1ccncc1. The van der Waals surface area contributed by atoms with Crippen LogP contribution in [0.1, 0.15) is 22.3 Å². The van der Waals surface area contributed by atoms with Gasteiger partial charge in [-0.25, -0.2) is 9.97 Å². The molecule has 3 aromatic heterocycles. The van der Waals surface area contributed by atoms with E-state index in [4.69, 9.17) is 9.97 Å². The molecule has 0 radical (unpaired) electrons. The minimum atomic E-state index is 0.893. The fourth-order valence-corrected chi connectivity index (χ4v) is 5.20. The molecule has 0 aliphatic heterocycles. The van der Waals surface area contributed by atoms with E-state index in [1.807, 2.05) is 49.1 Å². The first-order valence-electron chi connectivity index (χ1n) is 12.8. The van der Waals surface area contributed by atoms with Gasteiger partial charge >= 0.3 is 0 Å². The lowest BCUT2D eigenvalue weighted by Gasteiger charge is -2.18. The average Bonchev–Trinajstić information content (AvgIpc) is 2.95. The highest BCUT2D eigenvalue weighted by Crippen LogP contribution is 2.39. The highest BCUT2D eigenvalue weighted by atomic mass is 14.8. The van der Waals surface area contributed by atoms with E-state index in [1.54, 1.807) is 0 Å². The molecule has 0 N–H and O–H groups in total. The molecule has 0 amide bonds. The molecule has 0 aliphatic carbocycles. The number of aryl methyl sites for hydroxylation is 4. The molecular formula is C34H28N4. The maximum Gasteiger partial charge on any atom is 0.0975 e. The second-order valence-electron chi connectivity index (χ2n) is 9.85. The van der Waals surface area contributed by atoms with Gasteiger partial charge in [0.25, 0.3) is 0 Å². The third kappa shape index (κ3) is 4.24. The van der Waals surface area contributed by atoms with E-state index in [1.165, 1.54) is 22.3 Å². The minimum absolute atomic E-state index is 0.893. The van der Waals surface area contributed by atoms with Crippen molar-refractivity contribution in [3.63, 3.8) is 0 Å². The molecule has 0 saturated carbocycles. The van der Waals surface area contributed by atoms with E-state index in [0.29, 0.717) is 0 Å². The van der Waals surface area contributed by atoms with Gasteiger partial charge in [-0.2, -0.15) is 0 Å². The number of benzene rings is 3. The average molecular weight is 493 g/mol. The van der Waals surface area contributed by atoms with Crippen molar-refractivity contribution in [1.29, 1.82) is 0 Å². The third-order valence-corrected chi connectivity index (χ3v) is 7.21. The first-order valence-corrected chi connectivity index (χ1v) is 12.8. The topological polar surface area (TPSA) is 51.6 Å². The van der Waals surface area contributed by atoms with E-state index < -0.39 is 0 Å². The molecule has 0 unspecified atom stereocenters. The zero-order valence-corrected chi connectivity index (χ0v) is 22.0. The van der Waals surface area contributed by atoms with E-state index in [-0.39, 0.29) is 0 Å². The fourth-order valence-electron chi connectivity index (χ4n) is 5.20. The summed E-state index contributed by atoms with van der Waals surface area (Å²) in [5.74, 6) is 0. The van der Waals surface area contributed by atoms with Gasteiger partial charge in [-0.1, -0.05) is 24.3 Å². The van der Waals surface area contributed by atoms with Gasteiger partial charge in [0.15, 0.2) is 0 Å². The van der Waals surface area contributed by atoms with E-state index in [9.17, 15) is 0 Å². The second-order valence-corrected chi connectivity index (χ2v) is 9.85. The number of hydrogen-bond donors (Lipinski definition) is 0. The van der Waals surface area contributed by atoms with E-state index in [0.717, 1.165) is 55.8 Å². The molecule has 0 saturated heterocycles.